The number of pyridine rings is 1. The van der Waals surface area contributed by atoms with Crippen molar-refractivity contribution in [2.45, 2.75) is 18.9 Å². The maximum atomic E-state index is 13.1. The highest BCUT2D eigenvalue weighted by Gasteiger charge is 2.22. The maximum absolute atomic E-state index is 13.1. The molecule has 0 unspecified atom stereocenters. The van der Waals surface area contributed by atoms with Crippen LogP contribution >= 0.6 is 0 Å². The molecule has 32 heavy (non-hydrogen) atoms. The summed E-state index contributed by atoms with van der Waals surface area (Å²) in [7, 11) is 0. The predicted octanol–water partition coefficient (Wildman–Crippen LogP) is 2.18. The average molecular weight is 429 g/mol. The highest BCUT2D eigenvalue weighted by molar-refractivity contribution is 6.07. The molecule has 1 aliphatic heterocycles. The molecule has 3 aromatic heterocycles. The van der Waals surface area contributed by atoms with Gasteiger partial charge in [-0.15, -0.1) is 0 Å². The molecule has 10 nitrogen and oxygen atoms in total. The Kier molecular flexibility index (Phi) is 5.12. The van der Waals surface area contributed by atoms with Gasteiger partial charge < -0.3 is 21.7 Å². The van der Waals surface area contributed by atoms with Gasteiger partial charge in [0.05, 0.1) is 29.3 Å². The summed E-state index contributed by atoms with van der Waals surface area (Å²) in [6.07, 6.45) is 6.69. The van der Waals surface area contributed by atoms with Gasteiger partial charge in [-0.1, -0.05) is 12.1 Å². The van der Waals surface area contributed by atoms with E-state index in [1.165, 1.54) is 0 Å². The van der Waals surface area contributed by atoms with Crippen molar-refractivity contribution in [1.29, 1.82) is 0 Å². The van der Waals surface area contributed by atoms with Crippen LogP contribution in [0.1, 0.15) is 23.3 Å². The van der Waals surface area contributed by atoms with E-state index >= 15 is 0 Å². The second-order valence-corrected chi connectivity index (χ2v) is 7.78. The van der Waals surface area contributed by atoms with Gasteiger partial charge in [-0.2, -0.15) is 5.10 Å². The number of rotatable bonds is 4. The van der Waals surface area contributed by atoms with Gasteiger partial charge in [0.25, 0.3) is 5.91 Å². The van der Waals surface area contributed by atoms with E-state index in [0.29, 0.717) is 11.5 Å². The highest BCUT2D eigenvalue weighted by Crippen LogP contribution is 2.28. The lowest BCUT2D eigenvalue weighted by atomic mass is 10.1. The van der Waals surface area contributed by atoms with Crippen LogP contribution in [-0.4, -0.2) is 50.2 Å². The van der Waals surface area contributed by atoms with E-state index in [1.54, 1.807) is 18.6 Å². The summed E-state index contributed by atoms with van der Waals surface area (Å²) in [6.45, 7) is 1.61. The molecule has 0 spiro atoms. The SMILES string of the molecule is Nc1ncc(-c2cccc3[nH]ncc23)nc1C(=O)Nc1ncccc1N1CCC(N)CC1. The smallest absolute Gasteiger partial charge is 0.279 e. The average Bonchev–Trinajstić information content (AvgIpc) is 3.29. The summed E-state index contributed by atoms with van der Waals surface area (Å²) in [4.78, 5) is 28.4. The van der Waals surface area contributed by atoms with Gasteiger partial charge in [-0.3, -0.25) is 9.89 Å². The zero-order valence-electron chi connectivity index (χ0n) is 17.3. The van der Waals surface area contributed by atoms with Crippen LogP contribution in [0.3, 0.4) is 0 Å². The van der Waals surface area contributed by atoms with Gasteiger partial charge >= 0.3 is 0 Å². The molecule has 0 saturated carbocycles. The second-order valence-electron chi connectivity index (χ2n) is 7.78. The fourth-order valence-electron chi connectivity index (χ4n) is 3.94. The summed E-state index contributed by atoms with van der Waals surface area (Å²) in [5, 5.41) is 10.8. The Morgan fingerprint density at radius 1 is 1.12 bits per heavy atom. The molecule has 0 radical (unpaired) electrons. The maximum Gasteiger partial charge on any atom is 0.279 e. The molecule has 1 saturated heterocycles. The van der Waals surface area contributed by atoms with Crippen molar-refractivity contribution >= 4 is 34.1 Å². The number of carbonyl (C=O) groups is 1. The number of H-pyrrole nitrogens is 1. The van der Waals surface area contributed by atoms with Crippen molar-refractivity contribution in [2.24, 2.45) is 5.73 Å². The number of aromatic nitrogens is 5. The molecule has 0 bridgehead atoms. The van der Waals surface area contributed by atoms with E-state index in [0.717, 1.165) is 48.1 Å². The Balaban J connectivity index is 1.45. The van der Waals surface area contributed by atoms with Crippen molar-refractivity contribution < 1.29 is 4.79 Å². The Labute approximate surface area is 184 Å². The summed E-state index contributed by atoms with van der Waals surface area (Å²) in [5.41, 5.74) is 15.1. The number of hydrogen-bond donors (Lipinski definition) is 4. The number of fused-ring (bicyclic) bond motifs is 1. The summed E-state index contributed by atoms with van der Waals surface area (Å²) >= 11 is 0. The van der Waals surface area contributed by atoms with E-state index in [2.05, 4.69) is 35.4 Å². The van der Waals surface area contributed by atoms with E-state index in [-0.39, 0.29) is 17.6 Å². The van der Waals surface area contributed by atoms with Crippen molar-refractivity contribution in [1.82, 2.24) is 25.1 Å². The molecule has 4 aromatic rings. The van der Waals surface area contributed by atoms with Gasteiger partial charge in [0.15, 0.2) is 17.3 Å². The zero-order chi connectivity index (χ0) is 22.1. The van der Waals surface area contributed by atoms with Gasteiger partial charge in [0.1, 0.15) is 0 Å². The van der Waals surface area contributed by atoms with Crippen molar-refractivity contribution in [3.05, 3.63) is 54.6 Å². The lowest BCUT2D eigenvalue weighted by Crippen LogP contribution is -2.40. The number of carbonyl (C=O) groups excluding carboxylic acids is 1. The Morgan fingerprint density at radius 2 is 1.97 bits per heavy atom. The van der Waals surface area contributed by atoms with Crippen LogP contribution in [0.4, 0.5) is 17.3 Å². The molecule has 162 valence electrons. The third-order valence-electron chi connectivity index (χ3n) is 5.68. The Bertz CT molecular complexity index is 1280. The minimum Gasteiger partial charge on any atom is -0.382 e. The van der Waals surface area contributed by atoms with E-state index < -0.39 is 5.91 Å². The molecule has 1 fully saturated rings. The quantitative estimate of drug-likeness (QED) is 0.385. The molecule has 0 aliphatic carbocycles. The van der Waals surface area contributed by atoms with E-state index in [4.69, 9.17) is 11.5 Å². The fourth-order valence-corrected chi connectivity index (χ4v) is 3.94. The number of piperidine rings is 1. The second kappa shape index (κ2) is 8.23. The minimum atomic E-state index is -0.468. The number of aromatic amines is 1. The third-order valence-corrected chi connectivity index (χ3v) is 5.68. The summed E-state index contributed by atoms with van der Waals surface area (Å²) < 4.78 is 0. The number of anilines is 3. The largest absolute Gasteiger partial charge is 0.382 e. The monoisotopic (exact) mass is 429 g/mol. The van der Waals surface area contributed by atoms with Crippen molar-refractivity contribution in [3.63, 3.8) is 0 Å². The summed E-state index contributed by atoms with van der Waals surface area (Å²) in [6, 6.07) is 9.69. The lowest BCUT2D eigenvalue weighted by Gasteiger charge is -2.32. The van der Waals surface area contributed by atoms with Crippen molar-refractivity contribution in [3.8, 4) is 11.3 Å². The number of nitrogens with zero attached hydrogens (tertiary/aromatic N) is 5. The van der Waals surface area contributed by atoms with Crippen molar-refractivity contribution in [2.75, 3.05) is 29.0 Å². The first kappa shape index (κ1) is 19.9. The van der Waals surface area contributed by atoms with Gasteiger partial charge in [0, 0.05) is 36.3 Å². The minimum absolute atomic E-state index is 0.0419. The first-order chi connectivity index (χ1) is 15.6. The van der Waals surface area contributed by atoms with Crippen LogP contribution < -0.4 is 21.7 Å². The first-order valence-electron chi connectivity index (χ1n) is 10.4. The molecular weight excluding hydrogens is 406 g/mol. The molecule has 6 N–H and O–H groups in total. The van der Waals surface area contributed by atoms with Crippen LogP contribution in [0, 0.1) is 0 Å². The van der Waals surface area contributed by atoms with E-state index in [1.807, 2.05) is 30.3 Å². The summed E-state index contributed by atoms with van der Waals surface area (Å²) in [5.74, 6) is 0.0356. The number of amides is 1. The normalized spacial score (nSPS) is 14.6. The number of benzene rings is 1. The van der Waals surface area contributed by atoms with Crippen LogP contribution in [0.5, 0.6) is 0 Å². The molecule has 4 heterocycles. The third kappa shape index (κ3) is 3.71. The van der Waals surface area contributed by atoms with Crippen LogP contribution in [0.2, 0.25) is 0 Å². The fraction of sp³-hybridized carbons (Fsp3) is 0.227. The zero-order valence-corrected chi connectivity index (χ0v) is 17.3. The number of nitrogens with two attached hydrogens (primary N) is 2. The topological polar surface area (TPSA) is 152 Å². The molecule has 10 heteroatoms. The lowest BCUT2D eigenvalue weighted by molar-refractivity contribution is 0.102. The molecular formula is C22H23N9O. The molecule has 1 aromatic carbocycles. The van der Waals surface area contributed by atoms with Gasteiger partial charge in [-0.25, -0.2) is 15.0 Å². The van der Waals surface area contributed by atoms with E-state index in [9.17, 15) is 4.79 Å². The Hall–Kier alpha value is -4.05. The predicted molar refractivity (Wildman–Crippen MR) is 123 cm³/mol. The van der Waals surface area contributed by atoms with Gasteiger partial charge in [-0.05, 0) is 31.0 Å². The molecule has 1 aliphatic rings. The standard InChI is InChI=1S/C22H23N9O/c23-13-6-9-31(10-7-13)18-5-2-8-25-21(18)29-22(32)19-20(24)26-12-17(28-19)14-3-1-4-16-15(14)11-27-30-16/h1-5,8,11-13H,6-7,9-10,23H2,(H2,24,26)(H,27,30)(H,25,29,32). The number of nitrogen functional groups attached to an aromatic ring is 1. The van der Waals surface area contributed by atoms with Crippen LogP contribution in [0.25, 0.3) is 22.2 Å². The molecule has 0 atom stereocenters. The Morgan fingerprint density at radius 3 is 2.81 bits per heavy atom. The first-order valence-corrected chi connectivity index (χ1v) is 10.4. The van der Waals surface area contributed by atoms with Crippen LogP contribution in [0.15, 0.2) is 48.9 Å². The van der Waals surface area contributed by atoms with Gasteiger partial charge in [0.2, 0.25) is 0 Å². The number of nitrogens with one attached hydrogen (secondary N) is 2. The highest BCUT2D eigenvalue weighted by atomic mass is 16.2. The molecule has 5 rings (SSSR count). The number of hydrogen-bond acceptors (Lipinski definition) is 8. The molecule has 1 amide bonds. The van der Waals surface area contributed by atoms with Crippen LogP contribution in [-0.2, 0) is 0 Å².